The van der Waals surface area contributed by atoms with E-state index >= 15 is 0 Å². The van der Waals surface area contributed by atoms with Gasteiger partial charge in [-0.15, -0.1) is 0 Å². The first kappa shape index (κ1) is 13.2. The second-order valence-electron chi connectivity index (χ2n) is 5.06. The van der Waals surface area contributed by atoms with Crippen molar-refractivity contribution in [3.8, 4) is 6.07 Å². The summed E-state index contributed by atoms with van der Waals surface area (Å²) in [7, 11) is 0. The van der Waals surface area contributed by atoms with Gasteiger partial charge in [-0.3, -0.25) is 4.79 Å². The van der Waals surface area contributed by atoms with E-state index in [9.17, 15) is 9.18 Å². The summed E-state index contributed by atoms with van der Waals surface area (Å²) in [5.41, 5.74) is 6.90. The van der Waals surface area contributed by atoms with E-state index in [2.05, 4.69) is 5.32 Å². The molecule has 0 unspecified atom stereocenters. The van der Waals surface area contributed by atoms with Crippen molar-refractivity contribution in [2.75, 3.05) is 11.1 Å². The number of nitrogens with zero attached hydrogens (tertiary/aromatic N) is 2. The largest absolute Gasteiger partial charge is 0.397 e. The summed E-state index contributed by atoms with van der Waals surface area (Å²) in [6.45, 7) is 0. The lowest BCUT2D eigenvalue weighted by Gasteiger charge is -2.09. The first-order valence-corrected chi connectivity index (χ1v) is 6.57. The molecule has 1 aliphatic carbocycles. The maximum absolute atomic E-state index is 13.8. The van der Waals surface area contributed by atoms with Gasteiger partial charge in [0.15, 0.2) is 0 Å². The van der Waals surface area contributed by atoms with Gasteiger partial charge in [0.1, 0.15) is 11.5 Å². The molecule has 0 atom stereocenters. The standard InChI is InChI=1S/C15H13FN4O/c16-12-5-9(7-17)1-4-13(12)19-15(21)14-6-10(18)8-20(14)11-2-3-11/h1,4-6,8,11H,2-3,18H2,(H,19,21). The zero-order chi connectivity index (χ0) is 15.0. The van der Waals surface area contributed by atoms with E-state index in [1.807, 2.05) is 10.6 Å². The van der Waals surface area contributed by atoms with Crippen molar-refractivity contribution in [2.24, 2.45) is 0 Å². The van der Waals surface area contributed by atoms with E-state index in [1.165, 1.54) is 12.1 Å². The van der Waals surface area contributed by atoms with Crippen LogP contribution in [0.1, 0.15) is 34.9 Å². The lowest BCUT2D eigenvalue weighted by Crippen LogP contribution is -2.17. The van der Waals surface area contributed by atoms with Gasteiger partial charge in [-0.1, -0.05) is 0 Å². The second kappa shape index (κ2) is 4.94. The Balaban J connectivity index is 1.85. The van der Waals surface area contributed by atoms with Crippen molar-refractivity contribution >= 4 is 17.3 Å². The number of nitrogens with two attached hydrogens (primary N) is 1. The molecule has 1 heterocycles. The molecule has 0 aliphatic heterocycles. The van der Waals surface area contributed by atoms with Gasteiger partial charge in [0.25, 0.3) is 5.91 Å². The number of amides is 1. The highest BCUT2D eigenvalue weighted by Crippen LogP contribution is 2.37. The van der Waals surface area contributed by atoms with Crippen LogP contribution in [-0.2, 0) is 0 Å². The molecule has 0 bridgehead atoms. The van der Waals surface area contributed by atoms with Crippen molar-refractivity contribution in [3.63, 3.8) is 0 Å². The minimum absolute atomic E-state index is 0.0427. The Morgan fingerprint density at radius 1 is 1.43 bits per heavy atom. The van der Waals surface area contributed by atoms with Gasteiger partial charge >= 0.3 is 0 Å². The summed E-state index contributed by atoms with van der Waals surface area (Å²) >= 11 is 0. The summed E-state index contributed by atoms with van der Waals surface area (Å²) in [6.07, 6.45) is 3.75. The van der Waals surface area contributed by atoms with E-state index in [-0.39, 0.29) is 11.3 Å². The predicted molar refractivity (Wildman–Crippen MR) is 76.2 cm³/mol. The van der Waals surface area contributed by atoms with Crippen molar-refractivity contribution in [1.82, 2.24) is 4.57 Å². The van der Waals surface area contributed by atoms with Gasteiger partial charge in [0.2, 0.25) is 0 Å². The van der Waals surface area contributed by atoms with Gasteiger partial charge in [-0.25, -0.2) is 4.39 Å². The van der Waals surface area contributed by atoms with E-state index in [1.54, 1.807) is 12.3 Å². The van der Waals surface area contributed by atoms with E-state index < -0.39 is 11.7 Å². The number of benzene rings is 1. The first-order valence-electron chi connectivity index (χ1n) is 6.57. The van der Waals surface area contributed by atoms with Crippen LogP contribution in [0.4, 0.5) is 15.8 Å². The fourth-order valence-corrected chi connectivity index (χ4v) is 2.21. The number of aromatic nitrogens is 1. The fraction of sp³-hybridized carbons (Fsp3) is 0.200. The van der Waals surface area contributed by atoms with Crippen molar-refractivity contribution in [2.45, 2.75) is 18.9 Å². The highest BCUT2D eigenvalue weighted by Gasteiger charge is 2.28. The molecule has 5 nitrogen and oxygen atoms in total. The first-order chi connectivity index (χ1) is 10.1. The van der Waals surface area contributed by atoms with Crippen LogP contribution in [-0.4, -0.2) is 10.5 Å². The predicted octanol–water partition coefficient (Wildman–Crippen LogP) is 2.67. The third-order valence-corrected chi connectivity index (χ3v) is 3.39. The Morgan fingerprint density at radius 2 is 2.19 bits per heavy atom. The fourth-order valence-electron chi connectivity index (χ4n) is 2.21. The molecular formula is C15H13FN4O. The number of carbonyl (C=O) groups excluding carboxylic acids is 1. The molecule has 1 saturated carbocycles. The molecule has 3 rings (SSSR count). The van der Waals surface area contributed by atoms with Crippen LogP contribution in [0.15, 0.2) is 30.5 Å². The lowest BCUT2D eigenvalue weighted by atomic mass is 10.2. The number of carbonyl (C=O) groups is 1. The van der Waals surface area contributed by atoms with Crippen LogP contribution in [0.2, 0.25) is 0 Å². The second-order valence-corrected chi connectivity index (χ2v) is 5.06. The van der Waals surface area contributed by atoms with Crippen molar-refractivity contribution in [1.29, 1.82) is 5.26 Å². The average molecular weight is 284 g/mol. The van der Waals surface area contributed by atoms with Crippen molar-refractivity contribution in [3.05, 3.63) is 47.5 Å². The number of anilines is 2. The summed E-state index contributed by atoms with van der Waals surface area (Å²) in [6, 6.07) is 7.63. The Kier molecular flexibility index (Phi) is 3.10. The van der Waals surface area contributed by atoms with Gasteiger partial charge < -0.3 is 15.6 Å². The number of nitrogen functional groups attached to an aromatic ring is 1. The number of rotatable bonds is 3. The van der Waals surface area contributed by atoms with Crippen LogP contribution < -0.4 is 11.1 Å². The number of hydrogen-bond acceptors (Lipinski definition) is 3. The molecule has 0 spiro atoms. The third-order valence-electron chi connectivity index (χ3n) is 3.39. The molecule has 1 amide bonds. The Morgan fingerprint density at radius 3 is 2.81 bits per heavy atom. The average Bonchev–Trinajstić information content (AvgIpc) is 3.23. The molecule has 21 heavy (non-hydrogen) atoms. The van der Waals surface area contributed by atoms with E-state index in [0.717, 1.165) is 18.9 Å². The molecule has 1 fully saturated rings. The van der Waals surface area contributed by atoms with Gasteiger partial charge in [0.05, 0.1) is 23.0 Å². The number of halogens is 1. The molecule has 2 aromatic rings. The molecular weight excluding hydrogens is 271 g/mol. The number of nitriles is 1. The van der Waals surface area contributed by atoms with Gasteiger partial charge in [-0.05, 0) is 37.1 Å². The quantitative estimate of drug-likeness (QED) is 0.908. The van der Waals surface area contributed by atoms with Crippen LogP contribution in [0.25, 0.3) is 0 Å². The number of hydrogen-bond donors (Lipinski definition) is 2. The molecule has 0 saturated heterocycles. The zero-order valence-electron chi connectivity index (χ0n) is 11.1. The minimum Gasteiger partial charge on any atom is -0.397 e. The lowest BCUT2D eigenvalue weighted by molar-refractivity contribution is 0.101. The molecule has 106 valence electrons. The van der Waals surface area contributed by atoms with E-state index in [0.29, 0.717) is 17.4 Å². The third kappa shape index (κ3) is 2.58. The smallest absolute Gasteiger partial charge is 0.272 e. The normalized spacial score (nSPS) is 13.7. The summed E-state index contributed by atoms with van der Waals surface area (Å²) < 4.78 is 15.6. The monoisotopic (exact) mass is 284 g/mol. The zero-order valence-corrected chi connectivity index (χ0v) is 11.1. The minimum atomic E-state index is -0.639. The molecule has 1 aliphatic rings. The molecule has 1 aromatic heterocycles. The highest BCUT2D eigenvalue weighted by atomic mass is 19.1. The van der Waals surface area contributed by atoms with Gasteiger partial charge in [-0.2, -0.15) is 5.26 Å². The SMILES string of the molecule is N#Cc1ccc(NC(=O)c2cc(N)cn2C2CC2)c(F)c1. The molecule has 6 heteroatoms. The highest BCUT2D eigenvalue weighted by molar-refractivity contribution is 6.04. The molecule has 0 radical (unpaired) electrons. The Hall–Kier alpha value is -2.81. The van der Waals surface area contributed by atoms with Crippen molar-refractivity contribution < 1.29 is 9.18 Å². The van der Waals surface area contributed by atoms with Crippen LogP contribution >= 0.6 is 0 Å². The van der Waals surface area contributed by atoms with Crippen LogP contribution in [0, 0.1) is 17.1 Å². The Labute approximate surface area is 120 Å². The molecule has 3 N–H and O–H groups in total. The summed E-state index contributed by atoms with van der Waals surface area (Å²) in [5, 5.41) is 11.2. The topological polar surface area (TPSA) is 83.8 Å². The maximum atomic E-state index is 13.8. The van der Waals surface area contributed by atoms with Gasteiger partial charge in [0, 0.05) is 12.2 Å². The van der Waals surface area contributed by atoms with Crippen LogP contribution in [0.5, 0.6) is 0 Å². The summed E-state index contributed by atoms with van der Waals surface area (Å²) in [5.74, 6) is -1.05. The molecule has 1 aromatic carbocycles. The summed E-state index contributed by atoms with van der Waals surface area (Å²) in [4.78, 5) is 12.3. The van der Waals surface area contributed by atoms with E-state index in [4.69, 9.17) is 11.0 Å². The Bertz CT molecular complexity index is 756. The maximum Gasteiger partial charge on any atom is 0.272 e. The number of nitrogens with one attached hydrogen (secondary N) is 1. The van der Waals surface area contributed by atoms with Crippen LogP contribution in [0.3, 0.4) is 0 Å².